The minimum Gasteiger partial charge on any atom is -0.490 e. The fraction of sp³-hybridized carbons (Fsp3) is 0.381. The number of nitrogens with zero attached hydrogens (tertiary/aromatic N) is 1. The van der Waals surface area contributed by atoms with Crippen LogP contribution in [0, 0.1) is 0 Å². The van der Waals surface area contributed by atoms with Gasteiger partial charge in [-0.25, -0.2) is 13.2 Å². The van der Waals surface area contributed by atoms with E-state index in [4.69, 9.17) is 9.47 Å². The van der Waals surface area contributed by atoms with Crippen LogP contribution in [0.3, 0.4) is 0 Å². The third kappa shape index (κ3) is 4.91. The molecular formula is C21H25NO5S. The van der Waals surface area contributed by atoms with Gasteiger partial charge >= 0.3 is 5.97 Å². The molecule has 3 rings (SSSR count). The summed E-state index contributed by atoms with van der Waals surface area (Å²) < 4.78 is 37.8. The highest BCUT2D eigenvalue weighted by Gasteiger charge is 2.30. The molecule has 2 aromatic rings. The first-order valence-corrected chi connectivity index (χ1v) is 10.9. The van der Waals surface area contributed by atoms with E-state index in [0.29, 0.717) is 17.9 Å². The van der Waals surface area contributed by atoms with E-state index in [-0.39, 0.29) is 24.2 Å². The summed E-state index contributed by atoms with van der Waals surface area (Å²) in [6.07, 6.45) is 2.79. The van der Waals surface area contributed by atoms with Crippen LogP contribution < -0.4 is 4.74 Å². The molecule has 0 spiro atoms. The topological polar surface area (TPSA) is 72.9 Å². The van der Waals surface area contributed by atoms with Crippen molar-refractivity contribution in [3.8, 4) is 5.75 Å². The molecule has 1 atom stereocenters. The molecule has 0 N–H and O–H groups in total. The van der Waals surface area contributed by atoms with Crippen LogP contribution >= 0.6 is 0 Å². The van der Waals surface area contributed by atoms with Crippen LogP contribution in [0.1, 0.15) is 36.5 Å². The van der Waals surface area contributed by atoms with Gasteiger partial charge in [0.25, 0.3) is 0 Å². The Morgan fingerprint density at radius 2 is 1.75 bits per heavy atom. The molecule has 28 heavy (non-hydrogen) atoms. The highest BCUT2D eigenvalue weighted by molar-refractivity contribution is 7.89. The molecule has 0 aromatic heterocycles. The van der Waals surface area contributed by atoms with Gasteiger partial charge in [-0.2, -0.15) is 4.31 Å². The van der Waals surface area contributed by atoms with E-state index in [1.807, 2.05) is 37.3 Å². The predicted molar refractivity (Wildman–Crippen MR) is 106 cm³/mol. The second kappa shape index (κ2) is 9.21. The molecule has 0 unspecified atom stereocenters. The number of esters is 1. The van der Waals surface area contributed by atoms with Crippen LogP contribution in [-0.4, -0.2) is 44.5 Å². The zero-order valence-corrected chi connectivity index (χ0v) is 16.7. The van der Waals surface area contributed by atoms with E-state index in [2.05, 4.69) is 0 Å². The van der Waals surface area contributed by atoms with Gasteiger partial charge in [-0.3, -0.25) is 0 Å². The molecule has 150 valence electrons. The Kier molecular flexibility index (Phi) is 6.70. The van der Waals surface area contributed by atoms with Crippen molar-refractivity contribution < 1.29 is 22.7 Å². The highest BCUT2D eigenvalue weighted by atomic mass is 32.2. The van der Waals surface area contributed by atoms with Gasteiger partial charge in [-0.1, -0.05) is 24.6 Å². The largest absolute Gasteiger partial charge is 0.490 e. The zero-order chi connectivity index (χ0) is 20.0. The Morgan fingerprint density at radius 3 is 2.43 bits per heavy atom. The molecular weight excluding hydrogens is 378 g/mol. The number of para-hydroxylation sites is 1. The van der Waals surface area contributed by atoms with Crippen LogP contribution in [0.5, 0.6) is 5.75 Å². The van der Waals surface area contributed by atoms with E-state index in [0.717, 1.165) is 19.3 Å². The molecule has 0 saturated carbocycles. The summed E-state index contributed by atoms with van der Waals surface area (Å²) >= 11 is 0. The minimum absolute atomic E-state index is 0.00648. The molecule has 2 aromatic carbocycles. The van der Waals surface area contributed by atoms with Crippen molar-refractivity contribution in [2.45, 2.75) is 37.1 Å². The van der Waals surface area contributed by atoms with Gasteiger partial charge in [-0.15, -0.1) is 0 Å². The normalized spacial score (nSPS) is 17.8. The lowest BCUT2D eigenvalue weighted by Crippen LogP contribution is -2.41. The second-order valence-electron chi connectivity index (χ2n) is 6.78. The number of hydrogen-bond acceptors (Lipinski definition) is 5. The molecule has 0 bridgehead atoms. The average molecular weight is 404 g/mol. The molecule has 1 aliphatic rings. The maximum Gasteiger partial charge on any atom is 0.338 e. The number of hydrogen-bond donors (Lipinski definition) is 0. The van der Waals surface area contributed by atoms with Crippen LogP contribution in [0.2, 0.25) is 0 Å². The Labute approximate surface area is 166 Å². The Morgan fingerprint density at radius 1 is 1.04 bits per heavy atom. The van der Waals surface area contributed by atoms with Crippen molar-refractivity contribution >= 4 is 16.0 Å². The molecule has 7 heteroatoms. The maximum atomic E-state index is 12.8. The van der Waals surface area contributed by atoms with Crippen LogP contribution in [0.25, 0.3) is 0 Å². The molecule has 1 saturated heterocycles. The summed E-state index contributed by atoms with van der Waals surface area (Å²) in [5.74, 6) is 0.201. The van der Waals surface area contributed by atoms with Crippen molar-refractivity contribution in [3.05, 3.63) is 60.2 Å². The monoisotopic (exact) mass is 403 g/mol. The first-order valence-electron chi connectivity index (χ1n) is 9.45. The SMILES string of the molecule is C[C@H]1CCCCN1S(=O)(=O)c1ccc(C(=O)OCCOc2ccccc2)cc1. The molecule has 0 radical (unpaired) electrons. The van der Waals surface area contributed by atoms with E-state index in [9.17, 15) is 13.2 Å². The summed E-state index contributed by atoms with van der Waals surface area (Å²) in [5, 5.41) is 0. The minimum atomic E-state index is -3.54. The lowest BCUT2D eigenvalue weighted by atomic mass is 10.1. The number of carbonyl (C=O) groups excluding carboxylic acids is 1. The van der Waals surface area contributed by atoms with Crippen LogP contribution in [0.4, 0.5) is 0 Å². The van der Waals surface area contributed by atoms with E-state index < -0.39 is 16.0 Å². The van der Waals surface area contributed by atoms with Gasteiger partial charge in [0.2, 0.25) is 10.0 Å². The van der Waals surface area contributed by atoms with Gasteiger partial charge < -0.3 is 9.47 Å². The highest BCUT2D eigenvalue weighted by Crippen LogP contribution is 2.25. The van der Waals surface area contributed by atoms with Crippen molar-refractivity contribution in [2.75, 3.05) is 19.8 Å². The Balaban J connectivity index is 1.55. The van der Waals surface area contributed by atoms with Gasteiger partial charge in [0.1, 0.15) is 19.0 Å². The van der Waals surface area contributed by atoms with E-state index in [1.54, 1.807) is 4.31 Å². The van der Waals surface area contributed by atoms with Crippen molar-refractivity contribution in [1.29, 1.82) is 0 Å². The quantitative estimate of drug-likeness (QED) is 0.523. The molecule has 1 heterocycles. The first kappa shape index (κ1) is 20.4. The summed E-state index contributed by atoms with van der Waals surface area (Å²) in [5.41, 5.74) is 0.311. The van der Waals surface area contributed by atoms with Crippen LogP contribution in [-0.2, 0) is 14.8 Å². The zero-order valence-electron chi connectivity index (χ0n) is 15.9. The summed E-state index contributed by atoms with van der Waals surface area (Å²) in [6.45, 7) is 2.82. The smallest absolute Gasteiger partial charge is 0.338 e. The number of carbonyl (C=O) groups is 1. The third-order valence-electron chi connectivity index (χ3n) is 4.77. The third-order valence-corrected chi connectivity index (χ3v) is 6.79. The van der Waals surface area contributed by atoms with Gasteiger partial charge in [0.05, 0.1) is 10.5 Å². The molecule has 0 amide bonds. The summed E-state index contributed by atoms with van der Waals surface area (Å²) in [4.78, 5) is 12.3. The van der Waals surface area contributed by atoms with Crippen LogP contribution in [0.15, 0.2) is 59.5 Å². The lowest BCUT2D eigenvalue weighted by Gasteiger charge is -2.32. The summed E-state index contributed by atoms with van der Waals surface area (Å²) in [7, 11) is -3.54. The second-order valence-corrected chi connectivity index (χ2v) is 8.67. The lowest BCUT2D eigenvalue weighted by molar-refractivity contribution is 0.0450. The van der Waals surface area contributed by atoms with Crippen molar-refractivity contribution in [1.82, 2.24) is 4.31 Å². The number of sulfonamides is 1. The fourth-order valence-corrected chi connectivity index (χ4v) is 4.92. The number of benzene rings is 2. The van der Waals surface area contributed by atoms with Crippen molar-refractivity contribution in [2.24, 2.45) is 0 Å². The molecule has 1 aliphatic heterocycles. The standard InChI is InChI=1S/C21H25NO5S/c1-17-7-5-6-14-22(17)28(24,25)20-12-10-18(11-13-20)21(23)27-16-15-26-19-8-3-2-4-9-19/h2-4,8-13,17H,5-7,14-16H2,1H3/t17-/m0/s1. The maximum absolute atomic E-state index is 12.8. The predicted octanol–water partition coefficient (Wildman–Crippen LogP) is 3.49. The number of rotatable bonds is 7. The summed E-state index contributed by atoms with van der Waals surface area (Å²) in [6, 6.07) is 15.2. The fourth-order valence-electron chi connectivity index (χ4n) is 3.22. The van der Waals surface area contributed by atoms with Gasteiger partial charge in [-0.05, 0) is 56.2 Å². The van der Waals surface area contributed by atoms with Gasteiger partial charge in [0.15, 0.2) is 0 Å². The Hall–Kier alpha value is -2.38. The Bertz CT molecular complexity index is 881. The van der Waals surface area contributed by atoms with E-state index in [1.165, 1.54) is 24.3 Å². The average Bonchev–Trinajstić information content (AvgIpc) is 2.72. The van der Waals surface area contributed by atoms with E-state index >= 15 is 0 Å². The molecule has 0 aliphatic carbocycles. The number of ether oxygens (including phenoxy) is 2. The van der Waals surface area contributed by atoms with Crippen molar-refractivity contribution in [3.63, 3.8) is 0 Å². The number of piperidine rings is 1. The molecule has 6 nitrogen and oxygen atoms in total. The van der Waals surface area contributed by atoms with Gasteiger partial charge in [0, 0.05) is 12.6 Å². The molecule has 1 fully saturated rings. The first-order chi connectivity index (χ1) is 13.5.